The minimum atomic E-state index is -0.177. The molecule has 1 aliphatic rings. The topological polar surface area (TPSA) is 68.3 Å². The van der Waals surface area contributed by atoms with Crippen molar-refractivity contribution < 1.29 is 13.7 Å². The second-order valence-corrected chi connectivity index (χ2v) is 5.97. The second-order valence-electron chi connectivity index (χ2n) is 5.97. The first-order valence-electron chi connectivity index (χ1n) is 8.12. The van der Waals surface area contributed by atoms with Crippen molar-refractivity contribution in [3.8, 4) is 11.5 Å². The quantitative estimate of drug-likeness (QED) is 0.926. The summed E-state index contributed by atoms with van der Waals surface area (Å²) in [4.78, 5) is 12.2. The predicted molar refractivity (Wildman–Crippen MR) is 82.3 cm³/mol. The molecular weight excluding hydrogens is 280 g/mol. The van der Waals surface area contributed by atoms with Crippen LogP contribution in [0.1, 0.15) is 55.4 Å². The Morgan fingerprint density at radius 2 is 1.95 bits per heavy atom. The van der Waals surface area contributed by atoms with Gasteiger partial charge in [-0.1, -0.05) is 37.3 Å². The molecule has 0 radical (unpaired) electrons. The average Bonchev–Trinajstić information content (AvgIpc) is 3.16. The number of aromatic nitrogens is 1. The Morgan fingerprint density at radius 3 is 2.68 bits per heavy atom. The predicted octanol–water partition coefficient (Wildman–Crippen LogP) is 4.02. The first-order valence-corrected chi connectivity index (χ1v) is 8.12. The van der Waals surface area contributed by atoms with Gasteiger partial charge in [-0.05, 0) is 30.9 Å². The molecule has 2 aromatic heterocycles. The third kappa shape index (κ3) is 3.78. The highest BCUT2D eigenvalue weighted by atomic mass is 16.5. The van der Waals surface area contributed by atoms with E-state index >= 15 is 0 Å². The molecule has 2 aromatic rings. The summed E-state index contributed by atoms with van der Waals surface area (Å²) in [5.41, 5.74) is 0.303. The number of carbonyl (C=O) groups is 1. The van der Waals surface area contributed by atoms with E-state index in [0.29, 0.717) is 23.1 Å². The van der Waals surface area contributed by atoms with Gasteiger partial charge in [0.05, 0.1) is 6.26 Å². The Hall–Kier alpha value is -2.04. The van der Waals surface area contributed by atoms with E-state index in [2.05, 4.69) is 10.5 Å². The number of amides is 1. The summed E-state index contributed by atoms with van der Waals surface area (Å²) < 4.78 is 10.4. The highest BCUT2D eigenvalue weighted by Crippen LogP contribution is 2.22. The zero-order valence-electron chi connectivity index (χ0n) is 12.7. The summed E-state index contributed by atoms with van der Waals surface area (Å²) >= 11 is 0. The number of carbonyl (C=O) groups excluding carboxylic acids is 1. The number of hydrogen-bond acceptors (Lipinski definition) is 4. The maximum atomic E-state index is 12.2. The minimum Gasteiger partial charge on any atom is -0.461 e. The van der Waals surface area contributed by atoms with Gasteiger partial charge >= 0.3 is 0 Å². The fraction of sp³-hybridized carbons (Fsp3) is 0.529. The summed E-state index contributed by atoms with van der Waals surface area (Å²) in [6.07, 6.45) is 10.5. The van der Waals surface area contributed by atoms with Gasteiger partial charge < -0.3 is 14.3 Å². The molecule has 0 spiro atoms. The van der Waals surface area contributed by atoms with Crippen LogP contribution in [0.2, 0.25) is 0 Å². The lowest BCUT2D eigenvalue weighted by Crippen LogP contribution is -2.29. The van der Waals surface area contributed by atoms with Crippen LogP contribution in [0.5, 0.6) is 0 Å². The fourth-order valence-corrected chi connectivity index (χ4v) is 2.99. The van der Waals surface area contributed by atoms with Crippen molar-refractivity contribution in [2.24, 2.45) is 5.92 Å². The van der Waals surface area contributed by atoms with Crippen LogP contribution in [-0.4, -0.2) is 17.6 Å². The van der Waals surface area contributed by atoms with Crippen molar-refractivity contribution in [1.29, 1.82) is 0 Å². The van der Waals surface area contributed by atoms with Gasteiger partial charge in [-0.25, -0.2) is 0 Å². The Morgan fingerprint density at radius 1 is 1.18 bits per heavy atom. The molecule has 1 saturated carbocycles. The number of nitrogens with zero attached hydrogens (tertiary/aromatic N) is 1. The van der Waals surface area contributed by atoms with Gasteiger partial charge in [0.15, 0.2) is 11.5 Å². The molecule has 0 atom stereocenters. The number of nitrogens with one attached hydrogen (secondary N) is 1. The third-order valence-corrected chi connectivity index (χ3v) is 4.28. The second kappa shape index (κ2) is 7.29. The van der Waals surface area contributed by atoms with E-state index in [1.165, 1.54) is 44.9 Å². The smallest absolute Gasteiger partial charge is 0.273 e. The summed E-state index contributed by atoms with van der Waals surface area (Å²) in [5.74, 6) is 1.46. The molecule has 2 heterocycles. The molecule has 1 amide bonds. The fourth-order valence-electron chi connectivity index (χ4n) is 2.99. The van der Waals surface area contributed by atoms with Crippen LogP contribution < -0.4 is 5.32 Å². The minimum absolute atomic E-state index is 0.177. The van der Waals surface area contributed by atoms with Crippen molar-refractivity contribution in [3.63, 3.8) is 0 Å². The monoisotopic (exact) mass is 302 g/mol. The van der Waals surface area contributed by atoms with Crippen molar-refractivity contribution >= 4 is 5.91 Å². The van der Waals surface area contributed by atoms with Crippen LogP contribution in [-0.2, 0) is 0 Å². The van der Waals surface area contributed by atoms with Gasteiger partial charge in [-0.15, -0.1) is 0 Å². The summed E-state index contributed by atoms with van der Waals surface area (Å²) in [7, 11) is 0. The molecule has 0 unspecified atom stereocenters. The van der Waals surface area contributed by atoms with E-state index in [1.807, 2.05) is 0 Å². The first kappa shape index (κ1) is 14.9. The van der Waals surface area contributed by atoms with E-state index in [-0.39, 0.29) is 5.91 Å². The summed E-state index contributed by atoms with van der Waals surface area (Å²) in [5, 5.41) is 6.81. The molecule has 5 nitrogen and oxygen atoms in total. The maximum Gasteiger partial charge on any atom is 0.273 e. The van der Waals surface area contributed by atoms with Gasteiger partial charge in [0.2, 0.25) is 5.76 Å². The number of furan rings is 1. The van der Waals surface area contributed by atoms with E-state index < -0.39 is 0 Å². The van der Waals surface area contributed by atoms with Gasteiger partial charge in [-0.2, -0.15) is 0 Å². The lowest BCUT2D eigenvalue weighted by molar-refractivity contribution is 0.0935. The third-order valence-electron chi connectivity index (χ3n) is 4.28. The summed E-state index contributed by atoms with van der Waals surface area (Å²) in [6.45, 7) is 0.724. The molecular formula is C17H22N2O3. The Bertz CT molecular complexity index is 581. The molecule has 0 aromatic carbocycles. The van der Waals surface area contributed by atoms with Crippen molar-refractivity contribution in [2.75, 3.05) is 6.54 Å². The van der Waals surface area contributed by atoms with Crippen LogP contribution in [0.4, 0.5) is 0 Å². The first-order chi connectivity index (χ1) is 10.8. The van der Waals surface area contributed by atoms with E-state index in [9.17, 15) is 4.79 Å². The van der Waals surface area contributed by atoms with Crippen LogP contribution >= 0.6 is 0 Å². The zero-order chi connectivity index (χ0) is 15.2. The van der Waals surface area contributed by atoms with E-state index in [0.717, 1.165) is 6.54 Å². The van der Waals surface area contributed by atoms with Gasteiger partial charge in [0.25, 0.3) is 5.91 Å². The number of hydrogen-bond donors (Lipinski definition) is 1. The highest BCUT2D eigenvalue weighted by molar-refractivity contribution is 5.92. The van der Waals surface area contributed by atoms with Crippen LogP contribution in [0.3, 0.4) is 0 Å². The molecule has 1 N–H and O–H groups in total. The number of rotatable bonds is 4. The lowest BCUT2D eigenvalue weighted by atomic mass is 9.91. The Labute approximate surface area is 130 Å². The van der Waals surface area contributed by atoms with Gasteiger partial charge in [-0.3, -0.25) is 4.79 Å². The molecule has 0 saturated heterocycles. The van der Waals surface area contributed by atoms with Crippen molar-refractivity contribution in [1.82, 2.24) is 10.5 Å². The van der Waals surface area contributed by atoms with E-state index in [4.69, 9.17) is 8.94 Å². The molecule has 0 bridgehead atoms. The Balaban J connectivity index is 1.53. The van der Waals surface area contributed by atoms with Gasteiger partial charge in [0, 0.05) is 12.6 Å². The van der Waals surface area contributed by atoms with Crippen LogP contribution in [0.15, 0.2) is 33.4 Å². The molecule has 5 heteroatoms. The lowest BCUT2D eigenvalue weighted by Gasteiger charge is -2.19. The van der Waals surface area contributed by atoms with Gasteiger partial charge in [0.1, 0.15) is 0 Å². The Kier molecular flexibility index (Phi) is 4.93. The van der Waals surface area contributed by atoms with Crippen LogP contribution in [0, 0.1) is 5.92 Å². The molecule has 3 rings (SSSR count). The van der Waals surface area contributed by atoms with Crippen LogP contribution in [0.25, 0.3) is 11.5 Å². The SMILES string of the molecule is O=C(NCC1CCCCCCC1)c1cc(-c2ccco2)on1. The molecule has 1 aliphatic carbocycles. The zero-order valence-corrected chi connectivity index (χ0v) is 12.7. The van der Waals surface area contributed by atoms with E-state index in [1.54, 1.807) is 24.5 Å². The molecule has 118 valence electrons. The standard InChI is InChI=1S/C17H22N2O3/c20-17(18-12-13-7-4-2-1-3-5-8-13)14-11-16(22-19-14)15-9-6-10-21-15/h6,9-11,13H,1-5,7-8,12H2,(H,18,20). The normalized spacial score (nSPS) is 16.9. The molecule has 1 fully saturated rings. The highest BCUT2D eigenvalue weighted by Gasteiger charge is 2.17. The molecule has 0 aliphatic heterocycles. The largest absolute Gasteiger partial charge is 0.461 e. The van der Waals surface area contributed by atoms with Crippen molar-refractivity contribution in [2.45, 2.75) is 44.9 Å². The van der Waals surface area contributed by atoms with Crippen molar-refractivity contribution in [3.05, 3.63) is 30.2 Å². The summed E-state index contributed by atoms with van der Waals surface area (Å²) in [6, 6.07) is 5.16. The average molecular weight is 302 g/mol. The molecule has 22 heavy (non-hydrogen) atoms. The maximum absolute atomic E-state index is 12.2.